The van der Waals surface area contributed by atoms with Gasteiger partial charge in [-0.25, -0.2) is 16.8 Å². The second-order valence-electron chi connectivity index (χ2n) is 21.4. The van der Waals surface area contributed by atoms with Crippen LogP contribution >= 0.6 is 0 Å². The molecule has 0 fully saturated rings. The molecular weight excluding hydrogens is 969 g/mol. The van der Waals surface area contributed by atoms with Crippen molar-refractivity contribution in [3.8, 4) is 0 Å². The van der Waals surface area contributed by atoms with Crippen LogP contribution in [0.5, 0.6) is 0 Å². The van der Waals surface area contributed by atoms with Gasteiger partial charge in [-0.05, 0) is 119 Å². The van der Waals surface area contributed by atoms with Crippen LogP contribution in [-0.4, -0.2) is 63.7 Å². The van der Waals surface area contributed by atoms with Crippen molar-refractivity contribution in [3.05, 3.63) is 82.9 Å². The zero-order chi connectivity index (χ0) is 52.1. The van der Waals surface area contributed by atoms with Gasteiger partial charge in [-0.2, -0.15) is 0 Å². The van der Waals surface area contributed by atoms with Crippen LogP contribution in [0.4, 0.5) is 0 Å². The fourth-order valence-electron chi connectivity index (χ4n) is 10.6. The Bertz CT molecular complexity index is 2100. The summed E-state index contributed by atoms with van der Waals surface area (Å²) >= 11 is 0. The largest absolute Gasteiger partial charge is 2.00 e. The summed E-state index contributed by atoms with van der Waals surface area (Å²) in [6, 6.07) is 18.5. The van der Waals surface area contributed by atoms with Crippen LogP contribution < -0.4 is 0 Å². The van der Waals surface area contributed by atoms with Gasteiger partial charge in [-0.1, -0.05) is 270 Å². The molecule has 0 unspecified atom stereocenters. The summed E-state index contributed by atoms with van der Waals surface area (Å²) in [7, 11) is -8.97. The molecule has 0 aliphatic rings. The summed E-state index contributed by atoms with van der Waals surface area (Å²) < 4.78 is 71.2. The average molecular weight is 1070 g/mol. The molecule has 0 saturated heterocycles. The van der Waals surface area contributed by atoms with E-state index in [1.165, 1.54) is 253 Å². The maximum Gasteiger partial charge on any atom is 2.00 e. The molecule has 0 spiro atoms. The van der Waals surface area contributed by atoms with Crippen LogP contribution in [0.15, 0.2) is 70.5 Å². The Kier molecular flexibility index (Phi) is 38.5. The zero-order valence-corrected chi connectivity index (χ0v) is 50.9. The van der Waals surface area contributed by atoms with Crippen molar-refractivity contribution in [2.45, 2.75) is 294 Å². The molecule has 0 bridgehead atoms. The summed E-state index contributed by atoms with van der Waals surface area (Å²) in [5.74, 6) is 0. The Morgan fingerprint density at radius 3 is 0.726 bits per heavy atom. The SMILES string of the molecule is CCCCCCCCCCCc1cc2cccc(S(=O)(=O)[O-])c2cc1CCCCCCCCCCC.CCCCCCCCCCCc1cc2cccc(S(=O)(=O)[O-])c2cc1CCCCCCCCCCC.[Ca+2]. The minimum Gasteiger partial charge on any atom is -0.744 e. The average Bonchev–Trinajstić information content (AvgIpc) is 3.35. The molecule has 4 rings (SSSR count). The van der Waals surface area contributed by atoms with E-state index in [1.54, 1.807) is 12.1 Å². The zero-order valence-electron chi connectivity index (χ0n) is 47.0. The standard InChI is InChI=1S/2C32H52O3S.Ca/c2*1-3-5-7-9-11-13-15-17-19-22-28-26-30-24-21-25-32(36(33,34)35)31(30)27-29(28)23-20-18-16-14-12-10-8-6-4-2;/h2*21,24-27H,3-20,22-23H2,1-2H3,(H,33,34,35);/q;;+2/p-2. The summed E-state index contributed by atoms with van der Waals surface area (Å²) in [5, 5.41) is 2.92. The second-order valence-corrected chi connectivity index (χ2v) is 24.1. The fraction of sp³-hybridized carbons (Fsp3) is 0.688. The summed E-state index contributed by atoms with van der Waals surface area (Å²) in [6.07, 6.45) is 50.8. The van der Waals surface area contributed by atoms with Crippen LogP contribution in [0.25, 0.3) is 21.5 Å². The molecule has 0 atom stereocenters. The van der Waals surface area contributed by atoms with E-state index < -0.39 is 20.2 Å². The van der Waals surface area contributed by atoms with Crippen molar-refractivity contribution in [2.24, 2.45) is 0 Å². The predicted molar refractivity (Wildman–Crippen MR) is 313 cm³/mol. The number of aryl methyl sites for hydroxylation is 4. The van der Waals surface area contributed by atoms with Gasteiger partial charge in [0.15, 0.2) is 0 Å². The Hall–Kier alpha value is -1.52. The van der Waals surface area contributed by atoms with Crippen LogP contribution in [0, 0.1) is 0 Å². The Morgan fingerprint density at radius 2 is 0.507 bits per heavy atom. The maximum absolute atomic E-state index is 11.9. The molecular formula is C64H102CaO6S2. The van der Waals surface area contributed by atoms with Crippen LogP contribution in [-0.2, 0) is 45.9 Å². The third-order valence-electron chi connectivity index (χ3n) is 15.1. The first kappa shape index (κ1) is 67.6. The topological polar surface area (TPSA) is 114 Å². The first-order chi connectivity index (χ1) is 34.9. The number of hydrogen-bond donors (Lipinski definition) is 0. The van der Waals surface area contributed by atoms with E-state index in [1.807, 2.05) is 24.3 Å². The molecule has 6 nitrogen and oxygen atoms in total. The third-order valence-corrected chi connectivity index (χ3v) is 16.8. The second kappa shape index (κ2) is 41.6. The van der Waals surface area contributed by atoms with Gasteiger partial charge in [0.1, 0.15) is 20.2 Å². The first-order valence-corrected chi connectivity index (χ1v) is 32.8. The predicted octanol–water partition coefficient (Wildman–Crippen LogP) is 19.4. The van der Waals surface area contributed by atoms with Crippen LogP contribution in [0.1, 0.15) is 281 Å². The van der Waals surface area contributed by atoms with E-state index in [9.17, 15) is 25.9 Å². The van der Waals surface area contributed by atoms with Crippen molar-refractivity contribution in [2.75, 3.05) is 0 Å². The molecule has 0 aromatic heterocycles. The first-order valence-electron chi connectivity index (χ1n) is 29.9. The molecule has 0 radical (unpaired) electrons. The number of fused-ring (bicyclic) bond motifs is 2. The van der Waals surface area contributed by atoms with E-state index in [4.69, 9.17) is 0 Å². The molecule has 4 aromatic carbocycles. The van der Waals surface area contributed by atoms with E-state index in [0.717, 1.165) is 49.3 Å². The van der Waals surface area contributed by atoms with E-state index in [0.29, 0.717) is 10.8 Å². The van der Waals surface area contributed by atoms with Gasteiger partial charge >= 0.3 is 37.7 Å². The van der Waals surface area contributed by atoms with Crippen molar-refractivity contribution in [1.29, 1.82) is 0 Å². The molecule has 4 aromatic rings. The van der Waals surface area contributed by atoms with Gasteiger partial charge < -0.3 is 9.11 Å². The number of hydrogen-bond acceptors (Lipinski definition) is 6. The van der Waals surface area contributed by atoms with Gasteiger partial charge in [0.2, 0.25) is 0 Å². The number of rotatable bonds is 42. The quantitative estimate of drug-likeness (QED) is 0.0248. The molecule has 0 N–H and O–H groups in total. The molecule has 408 valence electrons. The summed E-state index contributed by atoms with van der Waals surface area (Å²) in [6.45, 7) is 9.03. The van der Waals surface area contributed by atoms with Gasteiger partial charge in [-0.3, -0.25) is 0 Å². The van der Waals surface area contributed by atoms with Crippen molar-refractivity contribution in [3.63, 3.8) is 0 Å². The molecule has 0 saturated carbocycles. The van der Waals surface area contributed by atoms with Gasteiger partial charge in [-0.15, -0.1) is 0 Å². The minimum absolute atomic E-state index is 0. The van der Waals surface area contributed by atoms with E-state index in [-0.39, 0.29) is 47.5 Å². The van der Waals surface area contributed by atoms with Gasteiger partial charge in [0.05, 0.1) is 9.79 Å². The third kappa shape index (κ3) is 29.2. The Labute approximate surface area is 478 Å². The van der Waals surface area contributed by atoms with Crippen molar-refractivity contribution < 1.29 is 25.9 Å². The van der Waals surface area contributed by atoms with E-state index >= 15 is 0 Å². The number of unbranched alkanes of at least 4 members (excludes halogenated alkanes) is 32. The van der Waals surface area contributed by atoms with Crippen LogP contribution in [0.3, 0.4) is 0 Å². The molecule has 0 aliphatic carbocycles. The summed E-state index contributed by atoms with van der Waals surface area (Å²) in [5.41, 5.74) is 5.15. The molecule has 9 heteroatoms. The molecule has 73 heavy (non-hydrogen) atoms. The summed E-state index contributed by atoms with van der Waals surface area (Å²) in [4.78, 5) is -0.161. The monoisotopic (exact) mass is 1070 g/mol. The molecule has 0 amide bonds. The minimum atomic E-state index is -4.49. The Balaban J connectivity index is 0.000000493. The maximum atomic E-state index is 11.9. The van der Waals surface area contributed by atoms with Gasteiger partial charge in [0, 0.05) is 0 Å². The molecule has 0 aliphatic heterocycles. The van der Waals surface area contributed by atoms with E-state index in [2.05, 4.69) is 39.8 Å². The fourth-order valence-corrected chi connectivity index (χ4v) is 12.0. The number of benzene rings is 4. The van der Waals surface area contributed by atoms with Gasteiger partial charge in [0.25, 0.3) is 0 Å². The molecule has 0 heterocycles. The smallest absolute Gasteiger partial charge is 0.744 e. The van der Waals surface area contributed by atoms with Crippen molar-refractivity contribution >= 4 is 79.5 Å². The normalized spacial score (nSPS) is 11.8. The Morgan fingerprint density at radius 1 is 0.301 bits per heavy atom. The van der Waals surface area contributed by atoms with Crippen molar-refractivity contribution in [1.82, 2.24) is 0 Å². The van der Waals surface area contributed by atoms with Crippen LogP contribution in [0.2, 0.25) is 0 Å².